The molecule has 0 aliphatic rings. The monoisotopic (exact) mass is 156 g/mol. The highest BCUT2D eigenvalue weighted by Crippen LogP contribution is 1.92. The van der Waals surface area contributed by atoms with Gasteiger partial charge < -0.3 is 0 Å². The quantitative estimate of drug-likeness (QED) is 0.470. The Hall–Kier alpha value is -0.800. The zero-order valence-corrected chi connectivity index (χ0v) is 5.67. The van der Waals surface area contributed by atoms with Crippen molar-refractivity contribution in [2.75, 3.05) is 0 Å². The second-order valence-corrected chi connectivity index (χ2v) is 1.27. The molecule has 0 radical (unpaired) electrons. The third-order valence-electron chi connectivity index (χ3n) is 0.369. The molecule has 0 atom stereocenters. The molecule has 0 heterocycles. The van der Waals surface area contributed by atoms with Gasteiger partial charge in [-0.15, -0.1) is 0 Å². The van der Waals surface area contributed by atoms with Crippen molar-refractivity contribution in [1.29, 1.82) is 0 Å². The van der Waals surface area contributed by atoms with E-state index in [4.69, 9.17) is 0 Å². The van der Waals surface area contributed by atoms with E-state index in [-0.39, 0.29) is 6.33 Å². The summed E-state index contributed by atoms with van der Waals surface area (Å²) in [6.45, 7) is 2.33. The molecule has 0 nitrogen and oxygen atoms in total. The number of hydrogen-bond donors (Lipinski definition) is 0. The lowest BCUT2D eigenvalue weighted by molar-refractivity contribution is 0.420. The molecule has 0 aromatic heterocycles. The van der Waals surface area contributed by atoms with Crippen LogP contribution in [-0.2, 0) is 0 Å². The van der Waals surface area contributed by atoms with Gasteiger partial charge in [0.05, 0.1) is 0 Å². The van der Waals surface area contributed by atoms with Gasteiger partial charge in [0.2, 0.25) is 0 Å². The molecule has 0 fully saturated rings. The van der Waals surface area contributed by atoms with E-state index in [1.807, 2.05) is 0 Å². The first-order valence-corrected chi connectivity index (χ1v) is 2.44. The van der Waals surface area contributed by atoms with Crippen LogP contribution in [0.25, 0.3) is 0 Å². The Bertz CT molecular complexity index is 102. The predicted octanol–water partition coefficient (Wildman–Crippen LogP) is 3.57. The fraction of sp³-hybridized carbons (Fsp3) is 0.333. The summed E-state index contributed by atoms with van der Waals surface area (Å²) < 4.78 is 42.7. The first-order chi connectivity index (χ1) is 4.54. The molecular weight excluding hydrogens is 148 g/mol. The van der Waals surface area contributed by atoms with E-state index in [0.717, 1.165) is 13.0 Å². The molecule has 0 saturated carbocycles. The van der Waals surface area contributed by atoms with E-state index in [9.17, 15) is 17.6 Å². The molecule has 0 aliphatic carbocycles. The molecule has 0 aromatic carbocycles. The molecular formula is C6H8F4. The van der Waals surface area contributed by atoms with Gasteiger partial charge >= 0.3 is 0 Å². The van der Waals surface area contributed by atoms with Crippen molar-refractivity contribution in [2.45, 2.75) is 13.8 Å². The van der Waals surface area contributed by atoms with Crippen LogP contribution in [0, 0.1) is 0 Å². The van der Waals surface area contributed by atoms with E-state index >= 15 is 0 Å². The second-order valence-electron chi connectivity index (χ2n) is 1.27. The molecule has 0 unspecified atom stereocenters. The van der Waals surface area contributed by atoms with Crippen molar-refractivity contribution in [1.82, 2.24) is 0 Å². The Labute approximate surface area is 56.9 Å². The van der Waals surface area contributed by atoms with Crippen molar-refractivity contribution in [2.24, 2.45) is 0 Å². The first kappa shape index (κ1) is 11.9. The average molecular weight is 156 g/mol. The molecule has 0 rings (SSSR count). The van der Waals surface area contributed by atoms with Crippen LogP contribution in [-0.4, -0.2) is 0 Å². The SMILES string of the molecule is C/C(F)=C\F.CC=C(F)F. The van der Waals surface area contributed by atoms with E-state index < -0.39 is 11.9 Å². The Balaban J connectivity index is 0. The minimum atomic E-state index is -1.62. The van der Waals surface area contributed by atoms with Crippen LogP contribution >= 0.6 is 0 Å². The van der Waals surface area contributed by atoms with E-state index in [0.29, 0.717) is 0 Å². The summed E-state index contributed by atoms with van der Waals surface area (Å²) in [6.07, 6.45) is -0.954. The van der Waals surface area contributed by atoms with Crippen LogP contribution in [0.1, 0.15) is 13.8 Å². The summed E-state index contributed by atoms with van der Waals surface area (Å²) in [6, 6.07) is 0. The fourth-order valence-electron chi connectivity index (χ4n) is 0. The molecule has 0 bridgehead atoms. The summed E-state index contributed by atoms with van der Waals surface area (Å²) in [4.78, 5) is 0. The van der Waals surface area contributed by atoms with Crippen LogP contribution in [0.15, 0.2) is 24.3 Å². The highest BCUT2D eigenvalue weighted by atomic mass is 19.3. The van der Waals surface area contributed by atoms with Gasteiger partial charge in [0.15, 0.2) is 0 Å². The van der Waals surface area contributed by atoms with Gasteiger partial charge in [-0.05, 0) is 19.9 Å². The number of hydrogen-bond acceptors (Lipinski definition) is 0. The van der Waals surface area contributed by atoms with Gasteiger partial charge in [-0.25, -0.2) is 8.78 Å². The van der Waals surface area contributed by atoms with Gasteiger partial charge in [-0.3, -0.25) is 0 Å². The van der Waals surface area contributed by atoms with Crippen LogP contribution in [0.2, 0.25) is 0 Å². The summed E-state index contributed by atoms with van der Waals surface area (Å²) in [5.41, 5.74) is 0. The zero-order chi connectivity index (χ0) is 8.57. The van der Waals surface area contributed by atoms with Crippen molar-refractivity contribution >= 4 is 0 Å². The van der Waals surface area contributed by atoms with E-state index in [1.165, 1.54) is 6.92 Å². The third kappa shape index (κ3) is 27.0. The van der Waals surface area contributed by atoms with Crippen LogP contribution in [0.5, 0.6) is 0 Å². The molecule has 0 amide bonds. The van der Waals surface area contributed by atoms with Gasteiger partial charge in [-0.2, -0.15) is 8.78 Å². The normalized spacial score (nSPS) is 9.60. The Morgan fingerprint density at radius 1 is 1.20 bits per heavy atom. The van der Waals surface area contributed by atoms with Gasteiger partial charge in [-0.1, -0.05) is 0 Å². The average Bonchev–Trinajstić information content (AvgIpc) is 1.89. The molecule has 60 valence electrons. The lowest BCUT2D eigenvalue weighted by atomic mass is 10.7. The third-order valence-corrected chi connectivity index (χ3v) is 0.369. The highest BCUT2D eigenvalue weighted by Gasteiger charge is 1.74. The van der Waals surface area contributed by atoms with E-state index in [2.05, 4.69) is 0 Å². The van der Waals surface area contributed by atoms with Gasteiger partial charge in [0.1, 0.15) is 12.2 Å². The second kappa shape index (κ2) is 8.20. The van der Waals surface area contributed by atoms with Crippen molar-refractivity contribution in [3.8, 4) is 0 Å². The number of allylic oxidation sites excluding steroid dienone is 2. The fourth-order valence-corrected chi connectivity index (χ4v) is 0. The van der Waals surface area contributed by atoms with Crippen molar-refractivity contribution < 1.29 is 17.6 Å². The minimum Gasteiger partial charge on any atom is -0.213 e. The smallest absolute Gasteiger partial charge is 0.213 e. The van der Waals surface area contributed by atoms with Crippen LogP contribution in [0.3, 0.4) is 0 Å². The molecule has 0 aromatic rings. The first-order valence-electron chi connectivity index (χ1n) is 2.44. The molecule has 0 aliphatic heterocycles. The number of rotatable bonds is 0. The molecule has 4 heteroatoms. The lowest BCUT2D eigenvalue weighted by Crippen LogP contribution is -1.46. The van der Waals surface area contributed by atoms with E-state index in [1.54, 1.807) is 0 Å². The number of halogens is 4. The molecule has 10 heavy (non-hydrogen) atoms. The van der Waals surface area contributed by atoms with Gasteiger partial charge in [0.25, 0.3) is 6.08 Å². The molecule has 0 saturated heterocycles. The van der Waals surface area contributed by atoms with Gasteiger partial charge in [0, 0.05) is 0 Å². The Kier molecular flexibility index (Phi) is 9.79. The lowest BCUT2D eigenvalue weighted by Gasteiger charge is -1.65. The van der Waals surface area contributed by atoms with Crippen LogP contribution in [0.4, 0.5) is 17.6 Å². The maximum Gasteiger partial charge on any atom is 0.266 e. The maximum absolute atomic E-state index is 10.9. The standard InChI is InChI=1S/2C3H4F2/c1-3(5)2-4;1-2-3(4)5/h2*2H,1H3/b3-2+;. The largest absolute Gasteiger partial charge is 0.266 e. The highest BCUT2D eigenvalue weighted by molar-refractivity contribution is 4.75. The molecule has 0 N–H and O–H groups in total. The maximum atomic E-state index is 10.9. The topological polar surface area (TPSA) is 0 Å². The predicted molar refractivity (Wildman–Crippen MR) is 31.9 cm³/mol. The summed E-state index contributed by atoms with van der Waals surface area (Å²) in [7, 11) is 0. The van der Waals surface area contributed by atoms with Crippen molar-refractivity contribution in [3.63, 3.8) is 0 Å². The summed E-state index contributed by atoms with van der Waals surface area (Å²) >= 11 is 0. The zero-order valence-electron chi connectivity index (χ0n) is 5.67. The Morgan fingerprint density at radius 2 is 1.40 bits per heavy atom. The Morgan fingerprint density at radius 3 is 1.40 bits per heavy atom. The van der Waals surface area contributed by atoms with Crippen LogP contribution < -0.4 is 0 Å². The minimum absolute atomic E-state index is 0.0833. The molecule has 0 spiro atoms. The summed E-state index contributed by atoms with van der Waals surface area (Å²) in [5, 5.41) is 0. The van der Waals surface area contributed by atoms with Crippen molar-refractivity contribution in [3.05, 3.63) is 24.3 Å². The summed E-state index contributed by atoms with van der Waals surface area (Å²) in [5.74, 6) is -0.787.